The van der Waals surface area contributed by atoms with Crippen molar-refractivity contribution >= 4 is 0 Å². The van der Waals surface area contributed by atoms with Crippen molar-refractivity contribution < 1.29 is 10.2 Å². The standard InChI is InChI=1S/C9H18O2/c1-6(5-10)7-4-9(2,3)8(7)11/h6-8,10-11H,4-5H2,1-3H3. The Morgan fingerprint density at radius 1 is 1.55 bits per heavy atom. The van der Waals surface area contributed by atoms with Crippen LogP contribution in [0.3, 0.4) is 0 Å². The molecule has 0 aromatic heterocycles. The quantitative estimate of drug-likeness (QED) is 0.630. The van der Waals surface area contributed by atoms with Crippen LogP contribution in [0.25, 0.3) is 0 Å². The lowest BCUT2D eigenvalue weighted by atomic mass is 9.58. The van der Waals surface area contributed by atoms with Crippen molar-refractivity contribution in [2.24, 2.45) is 17.3 Å². The molecule has 1 fully saturated rings. The van der Waals surface area contributed by atoms with Crippen molar-refractivity contribution in [3.63, 3.8) is 0 Å². The first-order chi connectivity index (χ1) is 4.99. The molecule has 3 unspecified atom stereocenters. The Morgan fingerprint density at radius 3 is 2.36 bits per heavy atom. The summed E-state index contributed by atoms with van der Waals surface area (Å²) in [6, 6.07) is 0. The van der Waals surface area contributed by atoms with Gasteiger partial charge in [-0.3, -0.25) is 0 Å². The maximum absolute atomic E-state index is 9.63. The van der Waals surface area contributed by atoms with Gasteiger partial charge < -0.3 is 10.2 Å². The highest BCUT2D eigenvalue weighted by Gasteiger charge is 2.47. The maximum Gasteiger partial charge on any atom is 0.0623 e. The van der Waals surface area contributed by atoms with Crippen LogP contribution in [0.2, 0.25) is 0 Å². The van der Waals surface area contributed by atoms with Gasteiger partial charge in [-0.2, -0.15) is 0 Å². The largest absolute Gasteiger partial charge is 0.396 e. The number of hydrogen-bond donors (Lipinski definition) is 2. The molecule has 66 valence electrons. The van der Waals surface area contributed by atoms with E-state index in [-0.39, 0.29) is 24.0 Å². The predicted molar refractivity (Wildman–Crippen MR) is 44.1 cm³/mol. The molecule has 0 heterocycles. The van der Waals surface area contributed by atoms with Gasteiger partial charge in [0.05, 0.1) is 6.10 Å². The number of rotatable bonds is 2. The van der Waals surface area contributed by atoms with Gasteiger partial charge in [-0.25, -0.2) is 0 Å². The average molecular weight is 158 g/mol. The van der Waals surface area contributed by atoms with Gasteiger partial charge in [0.1, 0.15) is 0 Å². The van der Waals surface area contributed by atoms with E-state index in [4.69, 9.17) is 5.11 Å². The van der Waals surface area contributed by atoms with Gasteiger partial charge >= 0.3 is 0 Å². The Bertz CT molecular complexity index is 142. The van der Waals surface area contributed by atoms with Crippen LogP contribution in [0.15, 0.2) is 0 Å². The van der Waals surface area contributed by atoms with Gasteiger partial charge in [0.15, 0.2) is 0 Å². The van der Waals surface area contributed by atoms with Gasteiger partial charge in [-0.15, -0.1) is 0 Å². The Balaban J connectivity index is 2.44. The van der Waals surface area contributed by atoms with Crippen LogP contribution in [-0.2, 0) is 0 Å². The lowest BCUT2D eigenvalue weighted by Gasteiger charge is -2.50. The van der Waals surface area contributed by atoms with Crippen LogP contribution in [0.1, 0.15) is 27.2 Å². The Labute approximate surface area is 68.2 Å². The third kappa shape index (κ3) is 1.42. The smallest absolute Gasteiger partial charge is 0.0623 e. The topological polar surface area (TPSA) is 40.5 Å². The lowest BCUT2D eigenvalue weighted by molar-refractivity contribution is -0.125. The second-order valence-electron chi connectivity index (χ2n) is 4.46. The lowest BCUT2D eigenvalue weighted by Crippen LogP contribution is -2.51. The van der Waals surface area contributed by atoms with Crippen molar-refractivity contribution in [2.45, 2.75) is 33.3 Å². The molecule has 2 heteroatoms. The van der Waals surface area contributed by atoms with E-state index in [0.29, 0.717) is 5.92 Å². The molecule has 0 bridgehead atoms. The maximum atomic E-state index is 9.63. The molecular formula is C9H18O2. The fourth-order valence-corrected chi connectivity index (χ4v) is 1.91. The van der Waals surface area contributed by atoms with Crippen LogP contribution < -0.4 is 0 Å². The average Bonchev–Trinajstić information content (AvgIpc) is 1.98. The van der Waals surface area contributed by atoms with E-state index in [2.05, 4.69) is 13.8 Å². The minimum absolute atomic E-state index is 0.0775. The van der Waals surface area contributed by atoms with Crippen LogP contribution in [0.4, 0.5) is 0 Å². The van der Waals surface area contributed by atoms with Gasteiger partial charge in [0.25, 0.3) is 0 Å². The van der Waals surface area contributed by atoms with Gasteiger partial charge in [-0.1, -0.05) is 20.8 Å². The molecule has 3 atom stereocenters. The molecule has 2 nitrogen and oxygen atoms in total. The summed E-state index contributed by atoms with van der Waals surface area (Å²) in [5.74, 6) is 0.563. The third-order valence-corrected chi connectivity index (χ3v) is 2.99. The van der Waals surface area contributed by atoms with E-state index in [1.54, 1.807) is 0 Å². The van der Waals surface area contributed by atoms with Crippen molar-refractivity contribution in [3.8, 4) is 0 Å². The van der Waals surface area contributed by atoms with E-state index < -0.39 is 0 Å². The fraction of sp³-hybridized carbons (Fsp3) is 1.00. The molecule has 11 heavy (non-hydrogen) atoms. The first-order valence-corrected chi connectivity index (χ1v) is 4.28. The number of aliphatic hydroxyl groups is 2. The summed E-state index contributed by atoms with van der Waals surface area (Å²) in [6.45, 7) is 6.32. The zero-order valence-corrected chi connectivity index (χ0v) is 7.54. The summed E-state index contributed by atoms with van der Waals surface area (Å²) < 4.78 is 0. The van der Waals surface area contributed by atoms with E-state index in [1.165, 1.54) is 0 Å². The summed E-state index contributed by atoms with van der Waals surface area (Å²) >= 11 is 0. The molecule has 1 aliphatic carbocycles. The normalized spacial score (nSPS) is 37.9. The van der Waals surface area contributed by atoms with E-state index in [1.807, 2.05) is 6.92 Å². The Hall–Kier alpha value is -0.0800. The molecule has 0 saturated heterocycles. The molecule has 1 saturated carbocycles. The first kappa shape index (κ1) is 9.01. The number of aliphatic hydroxyl groups excluding tert-OH is 2. The highest BCUT2D eigenvalue weighted by molar-refractivity contribution is 4.97. The summed E-state index contributed by atoms with van der Waals surface area (Å²) in [6.07, 6.45) is 0.820. The zero-order chi connectivity index (χ0) is 8.65. The molecule has 0 spiro atoms. The second kappa shape index (κ2) is 2.76. The summed E-state index contributed by atoms with van der Waals surface area (Å²) in [7, 11) is 0. The predicted octanol–water partition coefficient (Wildman–Crippen LogP) is 1.02. The minimum atomic E-state index is -0.218. The first-order valence-electron chi connectivity index (χ1n) is 4.28. The summed E-state index contributed by atoms with van der Waals surface area (Å²) in [5, 5.41) is 18.5. The Kier molecular flexibility index (Phi) is 2.26. The molecule has 0 aliphatic heterocycles. The molecule has 0 radical (unpaired) electrons. The van der Waals surface area contributed by atoms with Crippen LogP contribution in [-0.4, -0.2) is 22.9 Å². The monoisotopic (exact) mass is 158 g/mol. The molecule has 0 amide bonds. The minimum Gasteiger partial charge on any atom is -0.396 e. The van der Waals surface area contributed by atoms with Crippen LogP contribution in [0, 0.1) is 17.3 Å². The van der Waals surface area contributed by atoms with Gasteiger partial charge in [-0.05, 0) is 23.7 Å². The second-order valence-corrected chi connectivity index (χ2v) is 4.46. The summed E-state index contributed by atoms with van der Waals surface area (Å²) in [5.41, 5.74) is 0.0775. The van der Waals surface area contributed by atoms with Crippen LogP contribution in [0.5, 0.6) is 0 Å². The summed E-state index contributed by atoms with van der Waals surface area (Å²) in [4.78, 5) is 0. The van der Waals surface area contributed by atoms with Gasteiger partial charge in [0, 0.05) is 6.61 Å². The van der Waals surface area contributed by atoms with E-state index in [0.717, 1.165) is 6.42 Å². The molecule has 0 aromatic rings. The molecule has 2 N–H and O–H groups in total. The molecule has 0 aromatic carbocycles. The molecule has 1 aliphatic rings. The fourth-order valence-electron chi connectivity index (χ4n) is 1.91. The van der Waals surface area contributed by atoms with Crippen molar-refractivity contribution in [1.82, 2.24) is 0 Å². The SMILES string of the molecule is CC(CO)C1CC(C)(C)C1O. The van der Waals surface area contributed by atoms with Crippen molar-refractivity contribution in [1.29, 1.82) is 0 Å². The highest BCUT2D eigenvalue weighted by atomic mass is 16.3. The highest BCUT2D eigenvalue weighted by Crippen LogP contribution is 2.48. The zero-order valence-electron chi connectivity index (χ0n) is 7.54. The van der Waals surface area contributed by atoms with Crippen molar-refractivity contribution in [2.75, 3.05) is 6.61 Å². The molecule has 1 rings (SSSR count). The van der Waals surface area contributed by atoms with Gasteiger partial charge in [0.2, 0.25) is 0 Å². The van der Waals surface area contributed by atoms with Crippen LogP contribution >= 0.6 is 0 Å². The van der Waals surface area contributed by atoms with Crippen molar-refractivity contribution in [3.05, 3.63) is 0 Å². The number of hydrogen-bond acceptors (Lipinski definition) is 2. The Morgan fingerprint density at radius 2 is 2.09 bits per heavy atom. The van der Waals surface area contributed by atoms with E-state index in [9.17, 15) is 5.11 Å². The third-order valence-electron chi connectivity index (χ3n) is 2.99. The van der Waals surface area contributed by atoms with E-state index >= 15 is 0 Å². The molecular weight excluding hydrogens is 140 g/mol.